The summed E-state index contributed by atoms with van der Waals surface area (Å²) in [5.74, 6) is -0.358. The van der Waals surface area contributed by atoms with Gasteiger partial charge < -0.3 is 15.6 Å². The molecule has 0 aromatic heterocycles. The van der Waals surface area contributed by atoms with Crippen molar-refractivity contribution in [2.75, 3.05) is 6.61 Å². The van der Waals surface area contributed by atoms with E-state index >= 15 is 0 Å². The Balaban J connectivity index is 2.84. The summed E-state index contributed by atoms with van der Waals surface area (Å²) in [6.07, 6.45) is 0.250. The van der Waals surface area contributed by atoms with Crippen LogP contribution in [0.2, 0.25) is 0 Å². The van der Waals surface area contributed by atoms with Gasteiger partial charge in [0.05, 0.1) is 4.47 Å². The first-order chi connectivity index (χ1) is 8.41. The average molecular weight is 314 g/mol. The van der Waals surface area contributed by atoms with Crippen LogP contribution in [0.1, 0.15) is 12.5 Å². The molecule has 4 nitrogen and oxygen atoms in total. The maximum atomic E-state index is 10.7. The lowest BCUT2D eigenvalue weighted by Crippen LogP contribution is -2.32. The van der Waals surface area contributed by atoms with Gasteiger partial charge in [-0.15, -0.1) is 0 Å². The molecule has 0 aliphatic carbocycles. The second-order valence-corrected chi connectivity index (χ2v) is 4.92. The number of carbonyl (C=O) groups is 1. The molecule has 0 aliphatic heterocycles. The first-order valence-electron chi connectivity index (χ1n) is 5.44. The highest BCUT2D eigenvalue weighted by atomic mass is 79.9. The van der Waals surface area contributed by atoms with E-state index in [1.54, 1.807) is 0 Å². The summed E-state index contributed by atoms with van der Waals surface area (Å²) in [6.45, 7) is 6.05. The minimum atomic E-state index is -1.02. The Labute approximate surface area is 115 Å². The van der Waals surface area contributed by atoms with Crippen LogP contribution in [0.25, 0.3) is 0 Å². The van der Waals surface area contributed by atoms with Gasteiger partial charge in [0.25, 0.3) is 0 Å². The molecule has 5 heteroatoms. The topological polar surface area (TPSA) is 72.5 Å². The minimum Gasteiger partial charge on any atom is -0.488 e. The number of hydrogen-bond acceptors (Lipinski definition) is 3. The van der Waals surface area contributed by atoms with Crippen LogP contribution in [0, 0.1) is 0 Å². The van der Waals surface area contributed by atoms with Crippen molar-refractivity contribution in [1.29, 1.82) is 0 Å². The molecule has 18 heavy (non-hydrogen) atoms. The summed E-state index contributed by atoms with van der Waals surface area (Å²) in [5.41, 5.74) is 7.24. The zero-order valence-corrected chi connectivity index (χ0v) is 11.7. The number of halogens is 1. The Morgan fingerprint density at radius 1 is 1.61 bits per heavy atom. The summed E-state index contributed by atoms with van der Waals surface area (Å²) in [4.78, 5) is 10.7. The van der Waals surface area contributed by atoms with Gasteiger partial charge in [0, 0.05) is 0 Å². The summed E-state index contributed by atoms with van der Waals surface area (Å²) >= 11 is 3.41. The quantitative estimate of drug-likeness (QED) is 0.791. The number of benzene rings is 1. The van der Waals surface area contributed by atoms with Crippen LogP contribution < -0.4 is 10.5 Å². The lowest BCUT2D eigenvalue weighted by Gasteiger charge is -2.13. The summed E-state index contributed by atoms with van der Waals surface area (Å²) in [6, 6.07) is 4.52. The van der Waals surface area contributed by atoms with Crippen molar-refractivity contribution < 1.29 is 14.6 Å². The minimum absolute atomic E-state index is 0.250. The Kier molecular flexibility index (Phi) is 5.37. The highest BCUT2D eigenvalue weighted by Crippen LogP contribution is 2.29. The van der Waals surface area contributed by atoms with Crippen LogP contribution >= 0.6 is 15.9 Å². The molecule has 0 saturated carbocycles. The summed E-state index contributed by atoms with van der Waals surface area (Å²) < 4.78 is 6.29. The van der Waals surface area contributed by atoms with Gasteiger partial charge in [-0.3, -0.25) is 4.79 Å². The maximum absolute atomic E-state index is 10.7. The molecular formula is C13H16BrNO3. The SMILES string of the molecule is C=C(C)COc1cccc(CC(N)C(=O)O)c1Br. The molecule has 1 atom stereocenters. The third-order valence-corrected chi connectivity index (χ3v) is 3.17. The number of carboxylic acid groups (broad SMARTS) is 1. The monoisotopic (exact) mass is 313 g/mol. The molecule has 0 amide bonds. The molecule has 0 spiro atoms. The fourth-order valence-electron chi connectivity index (χ4n) is 1.35. The van der Waals surface area contributed by atoms with E-state index in [0.717, 1.165) is 15.6 Å². The molecular weight excluding hydrogens is 298 g/mol. The molecule has 0 bridgehead atoms. The number of nitrogens with two attached hydrogens (primary N) is 1. The first kappa shape index (κ1) is 14.7. The molecule has 1 aromatic carbocycles. The van der Waals surface area contributed by atoms with Crippen molar-refractivity contribution in [2.45, 2.75) is 19.4 Å². The van der Waals surface area contributed by atoms with Gasteiger partial charge in [-0.1, -0.05) is 18.7 Å². The summed E-state index contributed by atoms with van der Waals surface area (Å²) in [7, 11) is 0. The van der Waals surface area contributed by atoms with Gasteiger partial charge in [0.1, 0.15) is 18.4 Å². The number of hydrogen-bond donors (Lipinski definition) is 2. The standard InChI is InChI=1S/C13H16BrNO3/c1-8(2)7-18-11-5-3-4-9(12(11)14)6-10(15)13(16)17/h3-5,10H,1,6-7,15H2,2H3,(H,16,17). The molecule has 0 heterocycles. The molecule has 0 aliphatic rings. The van der Waals surface area contributed by atoms with Crippen molar-refractivity contribution in [3.05, 3.63) is 40.4 Å². The zero-order chi connectivity index (χ0) is 13.7. The van der Waals surface area contributed by atoms with E-state index in [4.69, 9.17) is 15.6 Å². The van der Waals surface area contributed by atoms with Gasteiger partial charge in [-0.2, -0.15) is 0 Å². The van der Waals surface area contributed by atoms with Crippen molar-refractivity contribution in [1.82, 2.24) is 0 Å². The van der Waals surface area contributed by atoms with Gasteiger partial charge in [-0.25, -0.2) is 0 Å². The van der Waals surface area contributed by atoms with E-state index in [2.05, 4.69) is 22.5 Å². The van der Waals surface area contributed by atoms with Gasteiger partial charge in [-0.05, 0) is 46.5 Å². The lowest BCUT2D eigenvalue weighted by molar-refractivity contribution is -0.138. The second kappa shape index (κ2) is 6.56. The smallest absolute Gasteiger partial charge is 0.320 e. The molecule has 0 fully saturated rings. The number of carboxylic acids is 1. The number of rotatable bonds is 6. The van der Waals surface area contributed by atoms with Gasteiger partial charge in [0.15, 0.2) is 0 Å². The lowest BCUT2D eigenvalue weighted by atomic mass is 10.1. The van der Waals surface area contributed by atoms with Crippen LogP contribution in [0.5, 0.6) is 5.75 Å². The largest absolute Gasteiger partial charge is 0.488 e. The fourth-order valence-corrected chi connectivity index (χ4v) is 1.89. The predicted molar refractivity (Wildman–Crippen MR) is 73.8 cm³/mol. The van der Waals surface area contributed by atoms with Gasteiger partial charge >= 0.3 is 5.97 Å². The van der Waals surface area contributed by atoms with E-state index in [-0.39, 0.29) is 6.42 Å². The Morgan fingerprint density at radius 2 is 2.28 bits per heavy atom. The average Bonchev–Trinajstić information content (AvgIpc) is 2.29. The molecule has 3 N–H and O–H groups in total. The molecule has 98 valence electrons. The van der Waals surface area contributed by atoms with Crippen LogP contribution in [-0.2, 0) is 11.2 Å². The molecule has 1 aromatic rings. The van der Waals surface area contributed by atoms with Crippen LogP contribution in [0.4, 0.5) is 0 Å². The molecule has 0 saturated heterocycles. The molecule has 1 rings (SSSR count). The fraction of sp³-hybridized carbons (Fsp3) is 0.308. The molecule has 1 unspecified atom stereocenters. The van der Waals surface area contributed by atoms with Crippen molar-refractivity contribution in [3.63, 3.8) is 0 Å². The summed E-state index contributed by atoms with van der Waals surface area (Å²) in [5, 5.41) is 8.80. The van der Waals surface area contributed by atoms with Crippen LogP contribution in [0.3, 0.4) is 0 Å². The highest BCUT2D eigenvalue weighted by molar-refractivity contribution is 9.10. The van der Waals surface area contributed by atoms with Crippen molar-refractivity contribution in [2.24, 2.45) is 5.73 Å². The van der Waals surface area contributed by atoms with Gasteiger partial charge in [0.2, 0.25) is 0 Å². The van der Waals surface area contributed by atoms with Crippen LogP contribution in [-0.4, -0.2) is 23.7 Å². The van der Waals surface area contributed by atoms with E-state index in [0.29, 0.717) is 12.4 Å². The van der Waals surface area contributed by atoms with E-state index in [1.807, 2.05) is 25.1 Å². The zero-order valence-electron chi connectivity index (χ0n) is 10.1. The third kappa shape index (κ3) is 4.16. The maximum Gasteiger partial charge on any atom is 0.320 e. The first-order valence-corrected chi connectivity index (χ1v) is 6.24. The van der Waals surface area contributed by atoms with E-state index in [1.165, 1.54) is 0 Å². The second-order valence-electron chi connectivity index (χ2n) is 4.12. The highest BCUT2D eigenvalue weighted by Gasteiger charge is 2.15. The Morgan fingerprint density at radius 3 is 2.83 bits per heavy atom. The predicted octanol–water partition coefficient (Wildman–Crippen LogP) is 2.36. The number of aliphatic carboxylic acids is 1. The Bertz CT molecular complexity index is 460. The normalized spacial score (nSPS) is 11.9. The Hall–Kier alpha value is -1.33. The van der Waals surface area contributed by atoms with Crippen LogP contribution in [0.15, 0.2) is 34.8 Å². The van der Waals surface area contributed by atoms with Crippen molar-refractivity contribution >= 4 is 21.9 Å². The van der Waals surface area contributed by atoms with E-state index in [9.17, 15) is 4.79 Å². The number of ether oxygens (including phenoxy) is 1. The third-order valence-electron chi connectivity index (χ3n) is 2.27. The molecule has 0 radical (unpaired) electrons. The van der Waals surface area contributed by atoms with Crippen molar-refractivity contribution in [3.8, 4) is 5.75 Å². The van der Waals surface area contributed by atoms with E-state index < -0.39 is 12.0 Å².